The van der Waals surface area contributed by atoms with E-state index in [1.807, 2.05) is 37.5 Å². The minimum atomic E-state index is -0.224. The molecule has 1 heterocycles. The Morgan fingerprint density at radius 2 is 2.20 bits per heavy atom. The molecule has 0 spiro atoms. The second kappa shape index (κ2) is 6.37. The third kappa shape index (κ3) is 3.07. The molecule has 0 aliphatic heterocycles. The van der Waals surface area contributed by atoms with E-state index in [1.165, 1.54) is 0 Å². The number of hydrogen-bond donors (Lipinski definition) is 1. The molecule has 0 aliphatic carbocycles. The zero-order valence-corrected chi connectivity index (χ0v) is 11.9. The second-order valence-electron chi connectivity index (χ2n) is 4.93. The highest BCUT2D eigenvalue weighted by atomic mass is 16.5. The highest BCUT2D eigenvalue weighted by molar-refractivity contribution is 5.86. The van der Waals surface area contributed by atoms with Crippen molar-refractivity contribution in [3.63, 3.8) is 0 Å². The molecule has 20 heavy (non-hydrogen) atoms. The van der Waals surface area contributed by atoms with Gasteiger partial charge in [0, 0.05) is 23.7 Å². The SMILES string of the molecule is CCC(CCc1cncc2ccc(OC)cc12)C(N)=O. The van der Waals surface area contributed by atoms with E-state index in [4.69, 9.17) is 10.5 Å². The fraction of sp³-hybridized carbons (Fsp3) is 0.375. The van der Waals surface area contributed by atoms with Gasteiger partial charge in [0.2, 0.25) is 5.91 Å². The van der Waals surface area contributed by atoms with Crippen LogP contribution in [-0.2, 0) is 11.2 Å². The summed E-state index contributed by atoms with van der Waals surface area (Å²) < 4.78 is 5.27. The lowest BCUT2D eigenvalue weighted by molar-refractivity contribution is -0.122. The molecule has 0 bridgehead atoms. The quantitative estimate of drug-likeness (QED) is 0.879. The highest BCUT2D eigenvalue weighted by Gasteiger charge is 2.13. The average Bonchev–Trinajstić information content (AvgIpc) is 2.47. The molecule has 0 radical (unpaired) electrons. The number of nitrogens with two attached hydrogens (primary N) is 1. The van der Waals surface area contributed by atoms with Crippen LogP contribution in [0.4, 0.5) is 0 Å². The number of carbonyl (C=O) groups is 1. The van der Waals surface area contributed by atoms with Crippen molar-refractivity contribution in [2.24, 2.45) is 11.7 Å². The molecule has 4 nitrogen and oxygen atoms in total. The van der Waals surface area contributed by atoms with Crippen LogP contribution in [0.25, 0.3) is 10.8 Å². The smallest absolute Gasteiger partial charge is 0.220 e. The number of ether oxygens (including phenoxy) is 1. The van der Waals surface area contributed by atoms with E-state index < -0.39 is 0 Å². The molecule has 4 heteroatoms. The molecule has 1 unspecified atom stereocenters. The summed E-state index contributed by atoms with van der Waals surface area (Å²) >= 11 is 0. The van der Waals surface area contributed by atoms with Gasteiger partial charge in [0.25, 0.3) is 0 Å². The predicted octanol–water partition coefficient (Wildman–Crippen LogP) is 2.69. The van der Waals surface area contributed by atoms with E-state index in [2.05, 4.69) is 4.98 Å². The summed E-state index contributed by atoms with van der Waals surface area (Å²) in [6.07, 6.45) is 6.01. The Labute approximate surface area is 119 Å². The first-order chi connectivity index (χ1) is 9.65. The van der Waals surface area contributed by atoms with Gasteiger partial charge in [0.1, 0.15) is 5.75 Å². The molecule has 0 aliphatic rings. The van der Waals surface area contributed by atoms with Crippen molar-refractivity contribution in [3.8, 4) is 5.75 Å². The lowest BCUT2D eigenvalue weighted by Gasteiger charge is -2.12. The van der Waals surface area contributed by atoms with Crippen LogP contribution in [-0.4, -0.2) is 18.0 Å². The van der Waals surface area contributed by atoms with Crippen molar-refractivity contribution in [1.29, 1.82) is 0 Å². The number of methoxy groups -OCH3 is 1. The molecular weight excluding hydrogens is 252 g/mol. The Kier molecular flexibility index (Phi) is 4.56. The minimum Gasteiger partial charge on any atom is -0.497 e. The first-order valence-corrected chi connectivity index (χ1v) is 6.85. The largest absolute Gasteiger partial charge is 0.497 e. The van der Waals surface area contributed by atoms with Crippen LogP contribution in [0.2, 0.25) is 0 Å². The van der Waals surface area contributed by atoms with Crippen molar-refractivity contribution in [1.82, 2.24) is 4.98 Å². The zero-order chi connectivity index (χ0) is 14.5. The summed E-state index contributed by atoms with van der Waals surface area (Å²) in [5.41, 5.74) is 6.52. The zero-order valence-electron chi connectivity index (χ0n) is 11.9. The van der Waals surface area contributed by atoms with E-state index in [1.54, 1.807) is 7.11 Å². The van der Waals surface area contributed by atoms with Crippen molar-refractivity contribution >= 4 is 16.7 Å². The molecule has 1 amide bonds. The van der Waals surface area contributed by atoms with Gasteiger partial charge in [-0.2, -0.15) is 0 Å². The normalized spacial score (nSPS) is 12.3. The summed E-state index contributed by atoms with van der Waals surface area (Å²) in [6.45, 7) is 1.99. The molecule has 2 aromatic rings. The van der Waals surface area contributed by atoms with Gasteiger partial charge < -0.3 is 10.5 Å². The number of aryl methyl sites for hydroxylation is 1. The van der Waals surface area contributed by atoms with E-state index >= 15 is 0 Å². The summed E-state index contributed by atoms with van der Waals surface area (Å²) in [4.78, 5) is 15.6. The third-order valence-electron chi connectivity index (χ3n) is 3.71. The van der Waals surface area contributed by atoms with Gasteiger partial charge in [-0.15, -0.1) is 0 Å². The molecule has 0 fully saturated rings. The van der Waals surface area contributed by atoms with Crippen LogP contribution in [0.5, 0.6) is 5.75 Å². The maximum Gasteiger partial charge on any atom is 0.220 e. The second-order valence-corrected chi connectivity index (χ2v) is 4.93. The Morgan fingerprint density at radius 3 is 2.85 bits per heavy atom. The fourth-order valence-corrected chi connectivity index (χ4v) is 2.41. The van der Waals surface area contributed by atoms with E-state index in [0.717, 1.165) is 41.3 Å². The fourth-order valence-electron chi connectivity index (χ4n) is 2.41. The average molecular weight is 272 g/mol. The number of pyridine rings is 1. The van der Waals surface area contributed by atoms with Crippen LogP contribution in [0.1, 0.15) is 25.3 Å². The van der Waals surface area contributed by atoms with Gasteiger partial charge in [-0.1, -0.05) is 6.92 Å². The van der Waals surface area contributed by atoms with Gasteiger partial charge in [0.05, 0.1) is 7.11 Å². The van der Waals surface area contributed by atoms with Gasteiger partial charge in [-0.05, 0) is 48.4 Å². The molecule has 0 saturated carbocycles. The lowest BCUT2D eigenvalue weighted by Crippen LogP contribution is -2.23. The number of benzene rings is 1. The molecule has 1 aromatic heterocycles. The number of amides is 1. The summed E-state index contributed by atoms with van der Waals surface area (Å²) in [5, 5.41) is 2.20. The molecule has 1 aromatic carbocycles. The Bertz CT molecular complexity index is 610. The van der Waals surface area contributed by atoms with Crippen LogP contribution in [0.3, 0.4) is 0 Å². The van der Waals surface area contributed by atoms with Crippen molar-refractivity contribution in [2.45, 2.75) is 26.2 Å². The number of carbonyl (C=O) groups excluding carboxylic acids is 1. The molecule has 106 valence electrons. The van der Waals surface area contributed by atoms with Gasteiger partial charge in [-0.25, -0.2) is 0 Å². The van der Waals surface area contributed by atoms with Gasteiger partial charge >= 0.3 is 0 Å². The minimum absolute atomic E-state index is 0.0733. The van der Waals surface area contributed by atoms with Gasteiger partial charge in [-0.3, -0.25) is 9.78 Å². The van der Waals surface area contributed by atoms with E-state index in [0.29, 0.717) is 0 Å². The highest BCUT2D eigenvalue weighted by Crippen LogP contribution is 2.25. The predicted molar refractivity (Wildman–Crippen MR) is 79.6 cm³/mol. The van der Waals surface area contributed by atoms with Crippen molar-refractivity contribution < 1.29 is 9.53 Å². The first-order valence-electron chi connectivity index (χ1n) is 6.85. The summed E-state index contributed by atoms with van der Waals surface area (Å²) in [6, 6.07) is 5.93. The Hall–Kier alpha value is -2.10. The number of rotatable bonds is 6. The maximum absolute atomic E-state index is 11.3. The van der Waals surface area contributed by atoms with Crippen LogP contribution < -0.4 is 10.5 Å². The number of fused-ring (bicyclic) bond motifs is 1. The topological polar surface area (TPSA) is 65.2 Å². The molecule has 2 N–H and O–H groups in total. The van der Waals surface area contributed by atoms with Crippen molar-refractivity contribution in [2.75, 3.05) is 7.11 Å². The lowest BCUT2D eigenvalue weighted by atomic mass is 9.95. The summed E-state index contributed by atoms with van der Waals surface area (Å²) in [7, 11) is 1.65. The Balaban J connectivity index is 2.27. The van der Waals surface area contributed by atoms with Crippen LogP contribution >= 0.6 is 0 Å². The number of aromatic nitrogens is 1. The van der Waals surface area contributed by atoms with E-state index in [9.17, 15) is 4.79 Å². The maximum atomic E-state index is 11.3. The van der Waals surface area contributed by atoms with Gasteiger partial charge in [0.15, 0.2) is 0 Å². The Morgan fingerprint density at radius 1 is 1.40 bits per heavy atom. The molecule has 0 saturated heterocycles. The first kappa shape index (κ1) is 14.3. The number of primary amides is 1. The number of hydrogen-bond acceptors (Lipinski definition) is 3. The molecule has 2 rings (SSSR count). The standard InChI is InChI=1S/C16H20N2O2/c1-3-11(16(17)19)4-5-12-9-18-10-13-6-7-14(20-2)8-15(12)13/h6-11H,3-5H2,1-2H3,(H2,17,19). The number of nitrogens with zero attached hydrogens (tertiary/aromatic N) is 1. The molecule has 1 atom stereocenters. The van der Waals surface area contributed by atoms with E-state index in [-0.39, 0.29) is 11.8 Å². The monoisotopic (exact) mass is 272 g/mol. The summed E-state index contributed by atoms with van der Waals surface area (Å²) in [5.74, 6) is 0.529. The van der Waals surface area contributed by atoms with Crippen LogP contribution in [0.15, 0.2) is 30.6 Å². The van der Waals surface area contributed by atoms with Crippen molar-refractivity contribution in [3.05, 3.63) is 36.2 Å². The molecular formula is C16H20N2O2. The third-order valence-corrected chi connectivity index (χ3v) is 3.71. The van der Waals surface area contributed by atoms with Crippen LogP contribution in [0, 0.1) is 5.92 Å².